The molecular weight excluding hydrogens is 406 g/mol. The van der Waals surface area contributed by atoms with Gasteiger partial charge in [0.15, 0.2) is 5.16 Å². The summed E-state index contributed by atoms with van der Waals surface area (Å²) in [5.41, 5.74) is 1.79. The van der Waals surface area contributed by atoms with Crippen LogP contribution in [0.1, 0.15) is 16.9 Å². The predicted molar refractivity (Wildman–Crippen MR) is 118 cm³/mol. The Morgan fingerprint density at radius 3 is 3.10 bits per heavy atom. The molecule has 2 heterocycles. The summed E-state index contributed by atoms with van der Waals surface area (Å²) in [6.07, 6.45) is 4.74. The van der Waals surface area contributed by atoms with Crippen LogP contribution in [-0.4, -0.2) is 28.3 Å². The van der Waals surface area contributed by atoms with Crippen LogP contribution in [0.15, 0.2) is 46.9 Å². The van der Waals surface area contributed by atoms with Crippen LogP contribution in [0.4, 0.5) is 5.69 Å². The van der Waals surface area contributed by atoms with Gasteiger partial charge in [0.2, 0.25) is 5.91 Å². The van der Waals surface area contributed by atoms with Gasteiger partial charge in [-0.25, -0.2) is 4.98 Å². The number of anilines is 1. The summed E-state index contributed by atoms with van der Waals surface area (Å²) >= 11 is 2.87. The van der Waals surface area contributed by atoms with Crippen molar-refractivity contribution in [3.05, 3.63) is 57.7 Å². The van der Waals surface area contributed by atoms with Gasteiger partial charge >= 0.3 is 0 Å². The molecule has 0 fully saturated rings. The third-order valence-electron chi connectivity index (χ3n) is 4.79. The van der Waals surface area contributed by atoms with Crippen LogP contribution in [0, 0.1) is 0 Å². The Labute approximate surface area is 176 Å². The predicted octanol–water partition coefficient (Wildman–Crippen LogP) is 3.87. The van der Waals surface area contributed by atoms with Crippen molar-refractivity contribution in [2.75, 3.05) is 18.2 Å². The highest BCUT2D eigenvalue weighted by atomic mass is 32.2. The van der Waals surface area contributed by atoms with Crippen LogP contribution in [0.3, 0.4) is 0 Å². The third kappa shape index (κ3) is 3.95. The molecule has 1 aliphatic carbocycles. The van der Waals surface area contributed by atoms with E-state index in [1.807, 2.05) is 12.1 Å². The maximum Gasteiger partial charge on any atom is 0.263 e. The first-order valence-corrected chi connectivity index (χ1v) is 11.1. The van der Waals surface area contributed by atoms with Gasteiger partial charge in [0.1, 0.15) is 10.6 Å². The number of thioether (sulfide) groups is 1. The number of carbonyl (C=O) groups excluding carboxylic acids is 1. The lowest BCUT2D eigenvalue weighted by Gasteiger charge is -2.11. The molecule has 8 heteroatoms. The molecule has 0 aliphatic heterocycles. The molecule has 29 heavy (non-hydrogen) atoms. The number of carbonyl (C=O) groups is 1. The highest BCUT2D eigenvalue weighted by Gasteiger charge is 2.23. The average molecular weight is 428 g/mol. The third-order valence-corrected chi connectivity index (χ3v) is 6.95. The zero-order chi connectivity index (χ0) is 20.4. The molecule has 0 saturated carbocycles. The second-order valence-electron chi connectivity index (χ2n) is 6.71. The van der Waals surface area contributed by atoms with E-state index < -0.39 is 0 Å². The molecule has 6 nitrogen and oxygen atoms in total. The zero-order valence-corrected chi connectivity index (χ0v) is 17.7. The Hall–Kier alpha value is -2.58. The van der Waals surface area contributed by atoms with Crippen molar-refractivity contribution in [2.24, 2.45) is 0 Å². The number of rotatable bonds is 7. The van der Waals surface area contributed by atoms with Crippen LogP contribution in [-0.2, 0) is 24.2 Å². The first-order valence-electron chi connectivity index (χ1n) is 9.33. The van der Waals surface area contributed by atoms with Crippen LogP contribution in [0.5, 0.6) is 5.75 Å². The summed E-state index contributed by atoms with van der Waals surface area (Å²) < 4.78 is 6.79. The smallest absolute Gasteiger partial charge is 0.263 e. The first-order chi connectivity index (χ1) is 14.1. The van der Waals surface area contributed by atoms with Gasteiger partial charge < -0.3 is 10.1 Å². The SMILES string of the molecule is C=CCn1c(SCC(=O)Nc2cccc(OC)c2)nc2sc3c(c2c1=O)CCC3. The highest BCUT2D eigenvalue weighted by Crippen LogP contribution is 2.35. The molecule has 0 radical (unpaired) electrons. The molecule has 0 unspecified atom stereocenters. The topological polar surface area (TPSA) is 73.2 Å². The van der Waals surface area contributed by atoms with E-state index in [-0.39, 0.29) is 17.2 Å². The van der Waals surface area contributed by atoms with Gasteiger partial charge in [0.05, 0.1) is 18.2 Å². The summed E-state index contributed by atoms with van der Waals surface area (Å²) in [6, 6.07) is 7.19. The fraction of sp³-hybridized carbons (Fsp3) is 0.286. The van der Waals surface area contributed by atoms with Gasteiger partial charge in [-0.05, 0) is 37.0 Å². The molecule has 0 atom stereocenters. The quantitative estimate of drug-likeness (QED) is 0.352. The number of amides is 1. The largest absolute Gasteiger partial charge is 0.497 e. The van der Waals surface area contributed by atoms with Crippen molar-refractivity contribution >= 4 is 44.9 Å². The van der Waals surface area contributed by atoms with Gasteiger partial charge in [-0.2, -0.15) is 0 Å². The van der Waals surface area contributed by atoms with Crippen LogP contribution in [0.25, 0.3) is 10.2 Å². The van der Waals surface area contributed by atoms with Gasteiger partial charge in [-0.1, -0.05) is 23.9 Å². The number of allylic oxidation sites excluding steroid dienone is 1. The Bertz CT molecular complexity index is 1150. The van der Waals surface area contributed by atoms with Crippen LogP contribution >= 0.6 is 23.1 Å². The summed E-state index contributed by atoms with van der Waals surface area (Å²) in [5.74, 6) is 0.654. The number of aryl methyl sites for hydroxylation is 2. The molecule has 1 aromatic carbocycles. The zero-order valence-electron chi connectivity index (χ0n) is 16.1. The Morgan fingerprint density at radius 2 is 2.31 bits per heavy atom. The molecule has 0 saturated heterocycles. The number of nitrogens with zero attached hydrogens (tertiary/aromatic N) is 2. The fourth-order valence-corrected chi connectivity index (χ4v) is 5.60. The molecule has 2 aromatic heterocycles. The number of hydrogen-bond acceptors (Lipinski definition) is 6. The minimum atomic E-state index is -0.170. The lowest BCUT2D eigenvalue weighted by Crippen LogP contribution is -2.24. The van der Waals surface area contributed by atoms with Gasteiger partial charge in [0, 0.05) is 23.2 Å². The number of aromatic nitrogens is 2. The van der Waals surface area contributed by atoms with Gasteiger partial charge in [-0.3, -0.25) is 14.2 Å². The molecular formula is C21H21N3O3S2. The lowest BCUT2D eigenvalue weighted by molar-refractivity contribution is -0.113. The van der Waals surface area contributed by atoms with Crippen molar-refractivity contribution < 1.29 is 9.53 Å². The molecule has 0 spiro atoms. The van der Waals surface area contributed by atoms with Gasteiger partial charge in [-0.15, -0.1) is 17.9 Å². The summed E-state index contributed by atoms with van der Waals surface area (Å²) in [7, 11) is 1.58. The first kappa shape index (κ1) is 19.7. The number of fused-ring (bicyclic) bond motifs is 3. The van der Waals surface area contributed by atoms with E-state index in [9.17, 15) is 9.59 Å². The number of hydrogen-bond donors (Lipinski definition) is 1. The van der Waals surface area contributed by atoms with Gasteiger partial charge in [0.25, 0.3) is 5.56 Å². The molecule has 150 valence electrons. The molecule has 3 aromatic rings. The second-order valence-corrected chi connectivity index (χ2v) is 8.73. The Balaban J connectivity index is 1.57. The number of thiophene rings is 1. The summed E-state index contributed by atoms with van der Waals surface area (Å²) in [5, 5.41) is 4.14. The number of methoxy groups -OCH3 is 1. The van der Waals surface area contributed by atoms with Crippen LogP contribution in [0.2, 0.25) is 0 Å². The van der Waals surface area contributed by atoms with Crippen molar-refractivity contribution in [1.29, 1.82) is 0 Å². The minimum Gasteiger partial charge on any atom is -0.497 e. The number of benzene rings is 1. The van der Waals surface area contributed by atoms with Crippen molar-refractivity contribution in [2.45, 2.75) is 31.0 Å². The monoisotopic (exact) mass is 427 g/mol. The van der Waals surface area contributed by atoms with E-state index >= 15 is 0 Å². The molecule has 1 aliphatic rings. The average Bonchev–Trinajstić information content (AvgIpc) is 3.30. The molecule has 1 N–H and O–H groups in total. The van der Waals surface area contributed by atoms with E-state index in [0.717, 1.165) is 35.0 Å². The van der Waals surface area contributed by atoms with E-state index in [0.29, 0.717) is 23.1 Å². The maximum atomic E-state index is 13.1. The summed E-state index contributed by atoms with van der Waals surface area (Å²) in [6.45, 7) is 4.13. The summed E-state index contributed by atoms with van der Waals surface area (Å²) in [4.78, 5) is 32.3. The Morgan fingerprint density at radius 1 is 1.45 bits per heavy atom. The minimum absolute atomic E-state index is 0.0370. The van der Waals surface area contributed by atoms with Crippen molar-refractivity contribution in [3.63, 3.8) is 0 Å². The molecule has 0 bridgehead atoms. The van der Waals surface area contributed by atoms with E-state index in [1.165, 1.54) is 16.6 Å². The number of ether oxygens (including phenoxy) is 1. The Kier molecular flexibility index (Phi) is 5.73. The number of nitrogens with one attached hydrogen (secondary N) is 1. The second kappa shape index (κ2) is 8.42. The van der Waals surface area contributed by atoms with Crippen molar-refractivity contribution in [1.82, 2.24) is 9.55 Å². The lowest BCUT2D eigenvalue weighted by atomic mass is 10.2. The van der Waals surface area contributed by atoms with E-state index in [2.05, 4.69) is 11.9 Å². The van der Waals surface area contributed by atoms with Crippen molar-refractivity contribution in [3.8, 4) is 5.75 Å². The van der Waals surface area contributed by atoms with Crippen LogP contribution < -0.4 is 15.6 Å². The normalized spacial score (nSPS) is 12.7. The fourth-order valence-electron chi connectivity index (χ4n) is 3.49. The van der Waals surface area contributed by atoms with E-state index in [1.54, 1.807) is 41.2 Å². The molecule has 4 rings (SSSR count). The standard InChI is InChI=1S/C21H21N3O3S2/c1-3-10-24-20(26)18-15-8-5-9-16(15)29-19(18)23-21(24)28-12-17(25)22-13-6-4-7-14(11-13)27-2/h3-4,6-7,11H,1,5,8-10,12H2,2H3,(H,22,25). The molecule has 1 amide bonds. The maximum absolute atomic E-state index is 13.1. The highest BCUT2D eigenvalue weighted by molar-refractivity contribution is 7.99. The van der Waals surface area contributed by atoms with E-state index in [4.69, 9.17) is 9.72 Å².